The van der Waals surface area contributed by atoms with E-state index in [2.05, 4.69) is 26.1 Å². The summed E-state index contributed by atoms with van der Waals surface area (Å²) in [6.45, 7) is 6.94. The van der Waals surface area contributed by atoms with E-state index in [1.54, 1.807) is 19.2 Å². The SMILES string of the molecule is CCCC(C)(C)NCc1cc([N+](=O)[O-])ccc1OC. The van der Waals surface area contributed by atoms with Crippen LogP contribution in [0.5, 0.6) is 5.75 Å². The zero-order chi connectivity index (χ0) is 14.5. The van der Waals surface area contributed by atoms with Crippen molar-refractivity contribution in [3.63, 3.8) is 0 Å². The highest BCUT2D eigenvalue weighted by Gasteiger charge is 2.17. The van der Waals surface area contributed by atoms with Gasteiger partial charge in [0.25, 0.3) is 5.69 Å². The van der Waals surface area contributed by atoms with Crippen molar-refractivity contribution in [1.29, 1.82) is 0 Å². The molecule has 0 saturated heterocycles. The van der Waals surface area contributed by atoms with Crippen LogP contribution in [-0.2, 0) is 6.54 Å². The van der Waals surface area contributed by atoms with Gasteiger partial charge in [-0.15, -0.1) is 0 Å². The van der Waals surface area contributed by atoms with E-state index in [1.807, 2.05) is 0 Å². The molecule has 0 spiro atoms. The van der Waals surface area contributed by atoms with Crippen LogP contribution in [0.25, 0.3) is 0 Å². The second-order valence-electron chi connectivity index (χ2n) is 5.24. The Hall–Kier alpha value is -1.62. The third-order valence-electron chi connectivity index (χ3n) is 3.11. The van der Waals surface area contributed by atoms with Gasteiger partial charge < -0.3 is 10.1 Å². The number of benzene rings is 1. The number of ether oxygens (including phenoxy) is 1. The van der Waals surface area contributed by atoms with E-state index in [1.165, 1.54) is 6.07 Å². The molecule has 5 nitrogen and oxygen atoms in total. The van der Waals surface area contributed by atoms with E-state index in [0.29, 0.717) is 12.3 Å². The minimum atomic E-state index is -0.389. The lowest BCUT2D eigenvalue weighted by atomic mass is 9.98. The summed E-state index contributed by atoms with van der Waals surface area (Å²) in [5.41, 5.74) is 0.900. The predicted octanol–water partition coefficient (Wildman–Crippen LogP) is 3.27. The molecule has 0 fully saturated rings. The van der Waals surface area contributed by atoms with Crippen LogP contribution >= 0.6 is 0 Å². The van der Waals surface area contributed by atoms with Crippen LogP contribution in [0.1, 0.15) is 39.2 Å². The van der Waals surface area contributed by atoms with Crippen LogP contribution < -0.4 is 10.1 Å². The van der Waals surface area contributed by atoms with Gasteiger partial charge in [-0.3, -0.25) is 10.1 Å². The summed E-state index contributed by atoms with van der Waals surface area (Å²) in [4.78, 5) is 10.4. The second kappa shape index (κ2) is 6.52. The van der Waals surface area contributed by atoms with Gasteiger partial charge in [0.05, 0.1) is 12.0 Å². The number of nitrogens with zero attached hydrogens (tertiary/aromatic N) is 1. The molecule has 1 rings (SSSR count). The molecule has 1 aromatic rings. The van der Waals surface area contributed by atoms with Crippen LogP contribution in [0.2, 0.25) is 0 Å². The molecule has 106 valence electrons. The Morgan fingerprint density at radius 3 is 2.63 bits per heavy atom. The van der Waals surface area contributed by atoms with Crippen LogP contribution in [0.4, 0.5) is 5.69 Å². The molecular weight excluding hydrogens is 244 g/mol. The standard InChI is InChI=1S/C14H22N2O3/c1-5-8-14(2,3)15-10-11-9-12(16(17)18)6-7-13(11)19-4/h6-7,9,15H,5,8,10H2,1-4H3. The number of nitrogens with one attached hydrogen (secondary N) is 1. The topological polar surface area (TPSA) is 64.4 Å². The minimum Gasteiger partial charge on any atom is -0.496 e. The van der Waals surface area contributed by atoms with E-state index in [4.69, 9.17) is 4.74 Å². The van der Waals surface area contributed by atoms with Crippen molar-refractivity contribution in [2.24, 2.45) is 0 Å². The number of hydrogen-bond acceptors (Lipinski definition) is 4. The first-order valence-electron chi connectivity index (χ1n) is 6.46. The van der Waals surface area contributed by atoms with Gasteiger partial charge in [-0.05, 0) is 26.3 Å². The fourth-order valence-corrected chi connectivity index (χ4v) is 2.06. The van der Waals surface area contributed by atoms with Gasteiger partial charge in [0.15, 0.2) is 0 Å². The van der Waals surface area contributed by atoms with Crippen LogP contribution in [0.3, 0.4) is 0 Å². The van der Waals surface area contributed by atoms with Crippen molar-refractivity contribution in [1.82, 2.24) is 5.32 Å². The van der Waals surface area contributed by atoms with Crippen molar-refractivity contribution >= 4 is 5.69 Å². The highest BCUT2D eigenvalue weighted by molar-refractivity contribution is 5.43. The maximum absolute atomic E-state index is 10.8. The van der Waals surface area contributed by atoms with Crippen molar-refractivity contribution in [2.45, 2.75) is 45.7 Å². The molecule has 5 heteroatoms. The molecule has 0 bridgehead atoms. The van der Waals surface area contributed by atoms with Gasteiger partial charge in [0.2, 0.25) is 0 Å². The number of nitro benzene ring substituents is 1. The van der Waals surface area contributed by atoms with Crippen LogP contribution in [0, 0.1) is 10.1 Å². The highest BCUT2D eigenvalue weighted by Crippen LogP contribution is 2.24. The van der Waals surface area contributed by atoms with Gasteiger partial charge in [-0.25, -0.2) is 0 Å². The van der Waals surface area contributed by atoms with Crippen molar-refractivity contribution in [3.05, 3.63) is 33.9 Å². The molecule has 0 saturated carbocycles. The zero-order valence-corrected chi connectivity index (χ0v) is 12.0. The summed E-state index contributed by atoms with van der Waals surface area (Å²) in [6.07, 6.45) is 2.14. The monoisotopic (exact) mass is 266 g/mol. The lowest BCUT2D eigenvalue weighted by Crippen LogP contribution is -2.38. The Kier molecular flexibility index (Phi) is 5.30. The largest absolute Gasteiger partial charge is 0.496 e. The summed E-state index contributed by atoms with van der Waals surface area (Å²) in [6, 6.07) is 4.66. The Bertz CT molecular complexity index is 444. The molecule has 0 radical (unpaired) electrons. The molecule has 0 aliphatic heterocycles. The predicted molar refractivity (Wildman–Crippen MR) is 75.5 cm³/mol. The molecule has 1 N–H and O–H groups in total. The molecule has 19 heavy (non-hydrogen) atoms. The van der Waals surface area contributed by atoms with E-state index in [-0.39, 0.29) is 16.1 Å². The van der Waals surface area contributed by atoms with Gasteiger partial charge in [0, 0.05) is 29.8 Å². The summed E-state index contributed by atoms with van der Waals surface area (Å²) in [5, 5.41) is 14.2. The maximum Gasteiger partial charge on any atom is 0.270 e. The first-order chi connectivity index (χ1) is 8.89. The molecule has 0 amide bonds. The second-order valence-corrected chi connectivity index (χ2v) is 5.24. The molecule has 0 unspecified atom stereocenters. The average Bonchev–Trinajstić information content (AvgIpc) is 2.36. The first kappa shape index (κ1) is 15.4. The summed E-state index contributed by atoms with van der Waals surface area (Å²) in [7, 11) is 1.57. The lowest BCUT2D eigenvalue weighted by Gasteiger charge is -2.26. The Balaban J connectivity index is 2.86. The summed E-state index contributed by atoms with van der Waals surface area (Å²) in [5.74, 6) is 0.672. The van der Waals surface area contributed by atoms with Gasteiger partial charge >= 0.3 is 0 Å². The van der Waals surface area contributed by atoms with E-state index < -0.39 is 0 Å². The Morgan fingerprint density at radius 1 is 1.42 bits per heavy atom. The third-order valence-corrected chi connectivity index (χ3v) is 3.11. The molecule has 0 aliphatic rings. The smallest absolute Gasteiger partial charge is 0.270 e. The third kappa shape index (κ3) is 4.52. The fraction of sp³-hybridized carbons (Fsp3) is 0.571. The average molecular weight is 266 g/mol. The quantitative estimate of drug-likeness (QED) is 0.607. The first-order valence-corrected chi connectivity index (χ1v) is 6.46. The van der Waals surface area contributed by atoms with Gasteiger partial charge in [0.1, 0.15) is 5.75 Å². The van der Waals surface area contributed by atoms with Gasteiger partial charge in [-0.2, -0.15) is 0 Å². The number of nitro groups is 1. The molecule has 0 aromatic heterocycles. The molecule has 0 atom stereocenters. The number of rotatable bonds is 7. The Labute approximate surface area is 114 Å². The van der Waals surface area contributed by atoms with Gasteiger partial charge in [-0.1, -0.05) is 13.3 Å². The van der Waals surface area contributed by atoms with Crippen LogP contribution in [-0.4, -0.2) is 17.6 Å². The lowest BCUT2D eigenvalue weighted by molar-refractivity contribution is -0.384. The number of methoxy groups -OCH3 is 1. The molecule has 1 aromatic carbocycles. The van der Waals surface area contributed by atoms with E-state index in [0.717, 1.165) is 18.4 Å². The molecule has 0 heterocycles. The zero-order valence-electron chi connectivity index (χ0n) is 12.0. The van der Waals surface area contributed by atoms with Crippen molar-refractivity contribution in [3.8, 4) is 5.75 Å². The summed E-state index contributed by atoms with van der Waals surface area (Å²) >= 11 is 0. The van der Waals surface area contributed by atoms with Crippen LogP contribution in [0.15, 0.2) is 18.2 Å². The highest BCUT2D eigenvalue weighted by atomic mass is 16.6. The fourth-order valence-electron chi connectivity index (χ4n) is 2.06. The number of non-ortho nitro benzene ring substituents is 1. The van der Waals surface area contributed by atoms with Crippen molar-refractivity contribution in [2.75, 3.05) is 7.11 Å². The Morgan fingerprint density at radius 2 is 2.11 bits per heavy atom. The molecular formula is C14H22N2O3. The number of hydrogen-bond donors (Lipinski definition) is 1. The molecule has 0 aliphatic carbocycles. The normalized spacial score (nSPS) is 11.4. The van der Waals surface area contributed by atoms with E-state index >= 15 is 0 Å². The van der Waals surface area contributed by atoms with Crippen molar-refractivity contribution < 1.29 is 9.66 Å². The maximum atomic E-state index is 10.8. The van der Waals surface area contributed by atoms with E-state index in [9.17, 15) is 10.1 Å². The minimum absolute atomic E-state index is 0.00435. The summed E-state index contributed by atoms with van der Waals surface area (Å²) < 4.78 is 5.24.